The van der Waals surface area contributed by atoms with Crippen molar-refractivity contribution >= 4 is 0 Å². The molecule has 0 aliphatic carbocycles. The molecule has 1 heteroatoms. The van der Waals surface area contributed by atoms with Crippen LogP contribution in [0.5, 0.6) is 0 Å². The summed E-state index contributed by atoms with van der Waals surface area (Å²) in [4.78, 5) is 0. The van der Waals surface area contributed by atoms with Gasteiger partial charge in [-0.05, 0) is 37.6 Å². The third-order valence-electron chi connectivity index (χ3n) is 3.10. The first-order valence-corrected chi connectivity index (χ1v) is 6.22. The number of nitrogens with one attached hydrogen (secondary N) is 1. The molecular formula is C13H29N. The van der Waals surface area contributed by atoms with E-state index in [4.69, 9.17) is 0 Å². The molecule has 0 fully saturated rings. The molecule has 0 aliphatic rings. The van der Waals surface area contributed by atoms with E-state index < -0.39 is 0 Å². The van der Waals surface area contributed by atoms with Gasteiger partial charge in [-0.1, -0.05) is 41.0 Å². The van der Waals surface area contributed by atoms with Gasteiger partial charge >= 0.3 is 0 Å². The third-order valence-corrected chi connectivity index (χ3v) is 3.10. The van der Waals surface area contributed by atoms with E-state index in [1.807, 2.05) is 0 Å². The molecule has 0 radical (unpaired) electrons. The molecule has 0 saturated heterocycles. The van der Waals surface area contributed by atoms with Crippen LogP contribution in [0.4, 0.5) is 0 Å². The van der Waals surface area contributed by atoms with Crippen LogP contribution in [0.2, 0.25) is 0 Å². The third kappa shape index (κ3) is 5.64. The van der Waals surface area contributed by atoms with Crippen molar-refractivity contribution < 1.29 is 0 Å². The maximum absolute atomic E-state index is 3.55. The summed E-state index contributed by atoms with van der Waals surface area (Å²) in [5.41, 5.74) is 0. The Balaban J connectivity index is 4.00. The lowest BCUT2D eigenvalue weighted by Crippen LogP contribution is -2.36. The smallest absolute Gasteiger partial charge is 0.00693 e. The minimum absolute atomic E-state index is 0.666. The zero-order chi connectivity index (χ0) is 11.1. The summed E-state index contributed by atoms with van der Waals surface area (Å²) >= 11 is 0. The van der Waals surface area contributed by atoms with Crippen molar-refractivity contribution in [3.8, 4) is 0 Å². The Morgan fingerprint density at radius 3 is 1.86 bits per heavy atom. The van der Waals surface area contributed by atoms with Crippen LogP contribution in [-0.4, -0.2) is 12.6 Å². The quantitative estimate of drug-likeness (QED) is 0.659. The highest BCUT2D eigenvalue weighted by atomic mass is 14.9. The second-order valence-electron chi connectivity index (χ2n) is 5.23. The Labute approximate surface area is 90.7 Å². The highest BCUT2D eigenvalue weighted by Gasteiger charge is 2.19. The van der Waals surface area contributed by atoms with Gasteiger partial charge in [-0.15, -0.1) is 0 Å². The fraction of sp³-hybridized carbons (Fsp3) is 1.00. The van der Waals surface area contributed by atoms with Crippen LogP contribution in [0, 0.1) is 17.8 Å². The zero-order valence-electron chi connectivity index (χ0n) is 10.9. The van der Waals surface area contributed by atoms with Crippen LogP contribution >= 0.6 is 0 Å². The first kappa shape index (κ1) is 14.0. The van der Waals surface area contributed by atoms with Gasteiger partial charge in [0.2, 0.25) is 0 Å². The first-order chi connectivity index (χ1) is 6.49. The summed E-state index contributed by atoms with van der Waals surface area (Å²) in [6, 6.07) is 0.666. The van der Waals surface area contributed by atoms with Crippen LogP contribution in [0.25, 0.3) is 0 Å². The molecule has 0 aromatic carbocycles. The van der Waals surface area contributed by atoms with Crippen LogP contribution in [-0.2, 0) is 0 Å². The monoisotopic (exact) mass is 199 g/mol. The molecule has 0 heterocycles. The normalized spacial score (nSPS) is 16.3. The van der Waals surface area contributed by atoms with Gasteiger partial charge in [0.15, 0.2) is 0 Å². The average Bonchev–Trinajstić information content (AvgIpc) is 2.03. The zero-order valence-corrected chi connectivity index (χ0v) is 10.9. The van der Waals surface area contributed by atoms with Gasteiger partial charge in [0.1, 0.15) is 0 Å². The molecule has 2 atom stereocenters. The van der Waals surface area contributed by atoms with Crippen molar-refractivity contribution in [1.82, 2.24) is 5.32 Å². The van der Waals surface area contributed by atoms with E-state index in [1.165, 1.54) is 12.8 Å². The van der Waals surface area contributed by atoms with E-state index >= 15 is 0 Å². The van der Waals surface area contributed by atoms with E-state index in [-0.39, 0.29) is 0 Å². The minimum atomic E-state index is 0.666. The lowest BCUT2D eigenvalue weighted by molar-refractivity contribution is 0.260. The fourth-order valence-corrected chi connectivity index (χ4v) is 2.16. The Morgan fingerprint density at radius 2 is 1.50 bits per heavy atom. The number of rotatable bonds is 7. The van der Waals surface area contributed by atoms with E-state index in [0.717, 1.165) is 24.3 Å². The van der Waals surface area contributed by atoms with Crippen molar-refractivity contribution in [3.05, 3.63) is 0 Å². The van der Waals surface area contributed by atoms with Gasteiger partial charge in [0.25, 0.3) is 0 Å². The van der Waals surface area contributed by atoms with Gasteiger partial charge in [0.05, 0.1) is 0 Å². The standard InChI is InChI=1S/C13H29N/c1-7-14-12(6)13(11(4)5)9-8-10(2)3/h10-14H,7-9H2,1-6H3. The van der Waals surface area contributed by atoms with Gasteiger partial charge in [0, 0.05) is 6.04 Å². The highest BCUT2D eigenvalue weighted by molar-refractivity contribution is 4.75. The second kappa shape index (κ2) is 7.28. The van der Waals surface area contributed by atoms with Crippen LogP contribution in [0.1, 0.15) is 54.4 Å². The summed E-state index contributed by atoms with van der Waals surface area (Å²) in [6.45, 7) is 14.9. The van der Waals surface area contributed by atoms with Crippen molar-refractivity contribution in [2.24, 2.45) is 17.8 Å². The SMILES string of the molecule is CCNC(C)C(CCC(C)C)C(C)C. The molecule has 1 N–H and O–H groups in total. The molecule has 0 spiro atoms. The predicted octanol–water partition coefficient (Wildman–Crippen LogP) is 3.69. The van der Waals surface area contributed by atoms with Gasteiger partial charge in [-0.25, -0.2) is 0 Å². The summed E-state index contributed by atoms with van der Waals surface area (Å²) < 4.78 is 0. The van der Waals surface area contributed by atoms with E-state index in [0.29, 0.717) is 6.04 Å². The van der Waals surface area contributed by atoms with Crippen molar-refractivity contribution in [3.63, 3.8) is 0 Å². The summed E-state index contributed by atoms with van der Waals surface area (Å²) in [5, 5.41) is 3.55. The molecule has 0 saturated carbocycles. The molecule has 0 aromatic rings. The Morgan fingerprint density at radius 1 is 0.929 bits per heavy atom. The Hall–Kier alpha value is -0.0400. The highest BCUT2D eigenvalue weighted by Crippen LogP contribution is 2.23. The summed E-state index contributed by atoms with van der Waals surface area (Å²) in [6.07, 6.45) is 2.72. The summed E-state index contributed by atoms with van der Waals surface area (Å²) in [5.74, 6) is 2.46. The largest absolute Gasteiger partial charge is 0.314 e. The molecular weight excluding hydrogens is 170 g/mol. The number of hydrogen-bond acceptors (Lipinski definition) is 1. The number of hydrogen-bond donors (Lipinski definition) is 1. The van der Waals surface area contributed by atoms with Crippen LogP contribution in [0.3, 0.4) is 0 Å². The lowest BCUT2D eigenvalue weighted by atomic mass is 9.84. The lowest BCUT2D eigenvalue weighted by Gasteiger charge is -2.28. The Bertz CT molecular complexity index is 129. The maximum Gasteiger partial charge on any atom is 0.00693 e. The van der Waals surface area contributed by atoms with Gasteiger partial charge < -0.3 is 5.32 Å². The molecule has 0 aromatic heterocycles. The first-order valence-electron chi connectivity index (χ1n) is 6.22. The van der Waals surface area contributed by atoms with Crippen LogP contribution in [0.15, 0.2) is 0 Å². The maximum atomic E-state index is 3.55. The second-order valence-corrected chi connectivity index (χ2v) is 5.23. The molecule has 86 valence electrons. The van der Waals surface area contributed by atoms with Crippen molar-refractivity contribution in [2.45, 2.75) is 60.4 Å². The fourth-order valence-electron chi connectivity index (χ4n) is 2.16. The van der Waals surface area contributed by atoms with Crippen molar-refractivity contribution in [2.75, 3.05) is 6.54 Å². The molecule has 0 bridgehead atoms. The predicted molar refractivity (Wildman–Crippen MR) is 65.5 cm³/mol. The van der Waals surface area contributed by atoms with Gasteiger partial charge in [-0.2, -0.15) is 0 Å². The van der Waals surface area contributed by atoms with Gasteiger partial charge in [-0.3, -0.25) is 0 Å². The van der Waals surface area contributed by atoms with E-state index in [1.54, 1.807) is 0 Å². The molecule has 0 rings (SSSR count). The average molecular weight is 199 g/mol. The van der Waals surface area contributed by atoms with E-state index in [2.05, 4.69) is 46.9 Å². The molecule has 2 unspecified atom stereocenters. The Kier molecular flexibility index (Phi) is 7.26. The summed E-state index contributed by atoms with van der Waals surface area (Å²) in [7, 11) is 0. The van der Waals surface area contributed by atoms with E-state index in [9.17, 15) is 0 Å². The topological polar surface area (TPSA) is 12.0 Å². The van der Waals surface area contributed by atoms with Crippen LogP contribution < -0.4 is 5.32 Å². The molecule has 1 nitrogen and oxygen atoms in total. The molecule has 0 amide bonds. The molecule has 14 heavy (non-hydrogen) atoms. The molecule has 0 aliphatic heterocycles. The minimum Gasteiger partial charge on any atom is -0.314 e. The van der Waals surface area contributed by atoms with Crippen molar-refractivity contribution in [1.29, 1.82) is 0 Å².